The third-order valence-electron chi connectivity index (χ3n) is 15.4. The lowest BCUT2D eigenvalue weighted by Gasteiger charge is -2.26. The second-order valence-corrected chi connectivity index (χ2v) is 27.0. The Bertz CT molecular complexity index is 3430. The quantitative estimate of drug-likeness (QED) is 0.101. The molecule has 0 spiro atoms. The summed E-state index contributed by atoms with van der Waals surface area (Å²) in [5.74, 6) is 2.07. The lowest BCUT2D eigenvalue weighted by atomic mass is 9.79. The zero-order chi connectivity index (χ0) is 52.5. The molecule has 0 saturated carbocycles. The lowest BCUT2D eigenvalue weighted by molar-refractivity contribution is 0.247. The molecule has 11 rings (SSSR count). The van der Waals surface area contributed by atoms with Crippen LogP contribution < -0.4 is 25.4 Å². The number of nitrogens with one attached hydrogen (secondary N) is 3. The van der Waals surface area contributed by atoms with Crippen molar-refractivity contribution < 1.29 is 24.1 Å². The predicted molar refractivity (Wildman–Crippen MR) is 298 cm³/mol. The van der Waals surface area contributed by atoms with Crippen molar-refractivity contribution in [2.45, 2.75) is 196 Å². The zero-order valence-electron chi connectivity index (χ0n) is 46.6. The smallest absolute Gasteiger partial charge is 0.231 e. The van der Waals surface area contributed by atoms with Gasteiger partial charge in [-0.2, -0.15) is 0 Å². The Morgan fingerprint density at radius 1 is 0.486 bits per heavy atom. The fourth-order valence-electron chi connectivity index (χ4n) is 11.4. The van der Waals surface area contributed by atoms with Crippen LogP contribution in [0.1, 0.15) is 213 Å². The summed E-state index contributed by atoms with van der Waals surface area (Å²) in [7, 11) is 0. The monoisotopic (exact) mass is 971 g/mol. The van der Waals surface area contributed by atoms with Crippen molar-refractivity contribution in [2.24, 2.45) is 0 Å². The number of fused-ring (bicyclic) bond motifs is 12. The van der Waals surface area contributed by atoms with E-state index < -0.39 is 12.5 Å². The molecular weight excluding hydrogens is 893 g/mol. The standard InChI is InChI=1S/C61H72N4O5.C2H6/c1-56(2,3)30-23-33-41-27-32-37(58(7,8)9)19-28-20-38(59(10,11)12)50-45(42(28)44(32)62-41)63-54(68-50)35-25-31(57(4,5)6)26-36(49(35)67)55-65-47-43-29(22-40(52(47)70-55)61(16,17)18)21-39(60(13,14)15)51-46(43)64-53(69-51)34(24-30)48(33)66;1-2/h19-26,41,53,55,62,64-67H,27H2,1-18H3;1-2H3. The van der Waals surface area contributed by atoms with Crippen molar-refractivity contribution in [1.29, 1.82) is 0 Å². The molecule has 0 saturated heterocycles. The molecule has 9 nitrogen and oxygen atoms in total. The van der Waals surface area contributed by atoms with Crippen LogP contribution in [0.2, 0.25) is 0 Å². The molecule has 0 radical (unpaired) electrons. The van der Waals surface area contributed by atoms with E-state index in [2.05, 4.69) is 183 Å². The van der Waals surface area contributed by atoms with Crippen molar-refractivity contribution >= 4 is 49.7 Å². The first kappa shape index (κ1) is 49.5. The van der Waals surface area contributed by atoms with E-state index in [0.29, 0.717) is 34.6 Å². The molecule has 7 aromatic rings. The van der Waals surface area contributed by atoms with Gasteiger partial charge in [-0.3, -0.25) is 0 Å². The van der Waals surface area contributed by atoms with Crippen LogP contribution in [-0.4, -0.2) is 15.2 Å². The van der Waals surface area contributed by atoms with Crippen LogP contribution in [0.15, 0.2) is 52.9 Å². The van der Waals surface area contributed by atoms with Crippen molar-refractivity contribution in [3.05, 3.63) is 104 Å². The molecule has 0 amide bonds. The molecule has 0 aliphatic carbocycles. The van der Waals surface area contributed by atoms with Crippen molar-refractivity contribution in [1.82, 2.24) is 4.98 Å². The number of aromatic hydroxyl groups is 2. The molecule has 6 aromatic carbocycles. The Morgan fingerprint density at radius 2 is 0.931 bits per heavy atom. The average Bonchev–Trinajstić information content (AvgIpc) is 4.08. The van der Waals surface area contributed by atoms with Gasteiger partial charge in [-0.05, 0) is 114 Å². The van der Waals surface area contributed by atoms with E-state index in [0.717, 1.165) is 89.0 Å². The molecule has 4 aliphatic rings. The first-order chi connectivity index (χ1) is 33.3. The van der Waals surface area contributed by atoms with Crippen molar-refractivity contribution in [3.8, 4) is 34.5 Å². The van der Waals surface area contributed by atoms with E-state index in [1.165, 1.54) is 11.1 Å². The summed E-state index contributed by atoms with van der Waals surface area (Å²) in [6, 6.07) is 17.3. The van der Waals surface area contributed by atoms with Gasteiger partial charge in [0.2, 0.25) is 5.89 Å². The maximum Gasteiger partial charge on any atom is 0.231 e. The van der Waals surface area contributed by atoms with Gasteiger partial charge in [0.25, 0.3) is 0 Å². The van der Waals surface area contributed by atoms with Gasteiger partial charge in [-0.1, -0.05) is 145 Å². The minimum atomic E-state index is -0.768. The lowest BCUT2D eigenvalue weighted by Crippen LogP contribution is -2.18. The highest BCUT2D eigenvalue weighted by atomic mass is 16.5. The summed E-state index contributed by atoms with van der Waals surface area (Å²) in [5.41, 5.74) is 12.7. The van der Waals surface area contributed by atoms with E-state index in [1.807, 2.05) is 19.9 Å². The van der Waals surface area contributed by atoms with Crippen LogP contribution in [0.3, 0.4) is 0 Å². The molecule has 5 N–H and O–H groups in total. The predicted octanol–water partition coefficient (Wildman–Crippen LogP) is 17.1. The van der Waals surface area contributed by atoms with Gasteiger partial charge in [-0.15, -0.1) is 0 Å². The number of rotatable bonds is 0. The molecule has 0 fully saturated rings. The highest BCUT2D eigenvalue weighted by Crippen LogP contribution is 2.59. The number of anilines is 3. The van der Waals surface area contributed by atoms with Crippen LogP contribution in [0.25, 0.3) is 44.1 Å². The first-order valence-corrected chi connectivity index (χ1v) is 26.3. The number of hydrogen-bond acceptors (Lipinski definition) is 9. The van der Waals surface area contributed by atoms with Crippen LogP contribution in [0, 0.1) is 0 Å². The molecule has 3 atom stereocenters. The highest BCUT2D eigenvalue weighted by molar-refractivity contribution is 6.14. The fraction of sp³-hybridized carbons (Fsp3) is 0.476. The third-order valence-corrected chi connectivity index (χ3v) is 15.4. The summed E-state index contributed by atoms with van der Waals surface area (Å²) in [6.45, 7) is 44.0. The molecular formula is C63H78N4O5. The van der Waals surface area contributed by atoms with Gasteiger partial charge in [0.1, 0.15) is 28.5 Å². The van der Waals surface area contributed by atoms with E-state index in [9.17, 15) is 10.2 Å². The highest BCUT2D eigenvalue weighted by Gasteiger charge is 2.42. The molecule has 380 valence electrons. The Hall–Kier alpha value is -6.09. The normalized spacial score (nSPS) is 18.2. The first-order valence-electron chi connectivity index (χ1n) is 26.3. The van der Waals surface area contributed by atoms with E-state index in [4.69, 9.17) is 18.9 Å². The van der Waals surface area contributed by atoms with Crippen molar-refractivity contribution in [2.75, 3.05) is 16.0 Å². The maximum atomic E-state index is 12.9. The van der Waals surface area contributed by atoms with Gasteiger partial charge < -0.3 is 40.1 Å². The fourth-order valence-corrected chi connectivity index (χ4v) is 11.4. The molecule has 3 unspecified atom stereocenters. The SMILES string of the molecule is CC.CC(C)(C)c1cc2c(O)c(c1)C1Nc3c(c(C(C)(C)C)cc4cc(C(C)(C)C)c5c(c34)NC(O5)c3cc(C(C)(C)C)cc(c3O)C3Cc4c(C(C)(C)C)cc5cc(C(C)(C)C)c6oc-2nc6c5c4N3)O1. The van der Waals surface area contributed by atoms with Gasteiger partial charge in [0.15, 0.2) is 18.0 Å². The number of phenols is 2. The van der Waals surface area contributed by atoms with Gasteiger partial charge in [0.05, 0.1) is 34.1 Å². The third kappa shape index (κ3) is 7.64. The number of phenolic OH excluding ortho intramolecular Hbond substituents is 2. The summed E-state index contributed by atoms with van der Waals surface area (Å²) in [4.78, 5) is 5.47. The molecule has 72 heavy (non-hydrogen) atoms. The second kappa shape index (κ2) is 15.7. The van der Waals surface area contributed by atoms with E-state index in [1.54, 1.807) is 0 Å². The molecule has 5 heterocycles. The number of benzene rings is 6. The largest absolute Gasteiger partial charge is 0.507 e. The number of nitrogens with zero attached hydrogens (tertiary/aromatic N) is 1. The molecule has 1 aromatic heterocycles. The van der Waals surface area contributed by atoms with Crippen LogP contribution >= 0.6 is 0 Å². The summed E-state index contributed by atoms with van der Waals surface area (Å²) in [6.07, 6.45) is -0.829. The minimum absolute atomic E-state index is 0.0475. The van der Waals surface area contributed by atoms with E-state index in [-0.39, 0.29) is 50.0 Å². The zero-order valence-corrected chi connectivity index (χ0v) is 46.6. The average molecular weight is 971 g/mol. The number of aromatic nitrogens is 1. The Balaban J connectivity index is 0.00000295. The van der Waals surface area contributed by atoms with Crippen LogP contribution in [0.5, 0.6) is 23.0 Å². The Kier molecular flexibility index (Phi) is 10.8. The van der Waals surface area contributed by atoms with Crippen LogP contribution in [0.4, 0.5) is 17.1 Å². The Labute approximate surface area is 427 Å². The minimum Gasteiger partial charge on any atom is -0.507 e. The number of hydrogen-bond donors (Lipinski definition) is 5. The maximum absolute atomic E-state index is 12.9. The van der Waals surface area contributed by atoms with Gasteiger partial charge in [0, 0.05) is 38.7 Å². The topological polar surface area (TPSA) is 121 Å². The Morgan fingerprint density at radius 3 is 1.43 bits per heavy atom. The van der Waals surface area contributed by atoms with E-state index >= 15 is 0 Å². The van der Waals surface area contributed by atoms with Gasteiger partial charge >= 0.3 is 0 Å². The summed E-state index contributed by atoms with van der Waals surface area (Å²) >= 11 is 0. The molecule has 4 aliphatic heterocycles. The summed E-state index contributed by atoms with van der Waals surface area (Å²) < 4.78 is 21.5. The molecule has 9 heteroatoms. The molecule has 12 bridgehead atoms. The number of ether oxygens (including phenoxy) is 2. The summed E-state index contributed by atoms with van der Waals surface area (Å²) in [5, 5.41) is 41.5. The number of oxazole rings is 1. The van der Waals surface area contributed by atoms with Gasteiger partial charge in [-0.25, -0.2) is 4.98 Å². The van der Waals surface area contributed by atoms with Crippen molar-refractivity contribution in [3.63, 3.8) is 0 Å². The van der Waals surface area contributed by atoms with Crippen LogP contribution in [-0.2, 0) is 38.9 Å². The second-order valence-electron chi connectivity index (χ2n) is 27.0.